The lowest BCUT2D eigenvalue weighted by molar-refractivity contribution is -0.116. The van der Waals surface area contributed by atoms with Crippen LogP contribution in [0.3, 0.4) is 0 Å². The van der Waals surface area contributed by atoms with Gasteiger partial charge in [-0.15, -0.1) is 0 Å². The van der Waals surface area contributed by atoms with Gasteiger partial charge in [-0.05, 0) is 38.1 Å². The van der Waals surface area contributed by atoms with E-state index in [9.17, 15) is 23.6 Å². The molecule has 10 heteroatoms. The van der Waals surface area contributed by atoms with Crippen molar-refractivity contribution in [2.45, 2.75) is 20.4 Å². The maximum atomic E-state index is 13.3. The molecule has 0 bridgehead atoms. The minimum absolute atomic E-state index is 0.00911. The fourth-order valence-corrected chi connectivity index (χ4v) is 3.02. The van der Waals surface area contributed by atoms with E-state index in [1.807, 2.05) is 0 Å². The predicted octanol–water partition coefficient (Wildman–Crippen LogP) is 1.36. The van der Waals surface area contributed by atoms with Crippen molar-refractivity contribution in [3.05, 3.63) is 68.2 Å². The number of hydrogen-bond donors (Lipinski definition) is 1. The fourth-order valence-electron chi connectivity index (χ4n) is 3.02. The van der Waals surface area contributed by atoms with Gasteiger partial charge in [0.1, 0.15) is 18.0 Å². The Morgan fingerprint density at radius 2 is 1.97 bits per heavy atom. The molecule has 0 fully saturated rings. The molecule has 1 N–H and O–H groups in total. The van der Waals surface area contributed by atoms with Gasteiger partial charge < -0.3 is 10.1 Å². The van der Waals surface area contributed by atoms with Crippen molar-refractivity contribution in [3.8, 4) is 0 Å². The van der Waals surface area contributed by atoms with Crippen LogP contribution in [0.25, 0.3) is 11.0 Å². The van der Waals surface area contributed by atoms with Gasteiger partial charge in [0.25, 0.3) is 5.56 Å². The third kappa shape index (κ3) is 3.97. The van der Waals surface area contributed by atoms with Crippen molar-refractivity contribution in [1.82, 2.24) is 14.1 Å². The molecule has 9 nitrogen and oxygen atoms in total. The summed E-state index contributed by atoms with van der Waals surface area (Å²) in [6.07, 6.45) is 0. The van der Waals surface area contributed by atoms with Gasteiger partial charge in [0.05, 0.1) is 17.6 Å². The number of anilines is 1. The normalized spacial score (nSPS) is 10.8. The van der Waals surface area contributed by atoms with Gasteiger partial charge in [-0.2, -0.15) is 0 Å². The van der Waals surface area contributed by atoms with Crippen LogP contribution in [0.15, 0.2) is 39.9 Å². The highest BCUT2D eigenvalue weighted by Gasteiger charge is 2.22. The van der Waals surface area contributed by atoms with Crippen molar-refractivity contribution >= 4 is 28.6 Å². The Balaban J connectivity index is 2.11. The molecule has 156 valence electrons. The number of rotatable bonds is 5. The number of benzene rings is 1. The molecule has 0 aliphatic rings. The van der Waals surface area contributed by atoms with Crippen LogP contribution in [0, 0.1) is 12.7 Å². The Hall–Kier alpha value is -3.82. The summed E-state index contributed by atoms with van der Waals surface area (Å²) in [7, 11) is 1.38. The first-order chi connectivity index (χ1) is 14.2. The van der Waals surface area contributed by atoms with Gasteiger partial charge in [-0.1, -0.05) is 6.07 Å². The second-order valence-electron chi connectivity index (χ2n) is 6.52. The molecule has 2 heterocycles. The number of nitrogens with one attached hydrogen (secondary N) is 1. The molecule has 3 rings (SSSR count). The fraction of sp³-hybridized carbons (Fsp3) is 0.250. The summed E-state index contributed by atoms with van der Waals surface area (Å²) in [6, 6.07) is 6.58. The number of amides is 1. The standard InChI is InChI=1S/C20H19FN4O5/c1-4-30-19(28)14-8-11(2)22-17-16(14)18(27)25(20(29)24(17)3)10-15(26)23-13-7-5-6-12(21)9-13/h5-9H,4,10H2,1-3H3,(H,23,26). The SMILES string of the molecule is CCOC(=O)c1cc(C)nc2c1c(=O)n(CC(=O)Nc1cccc(F)c1)c(=O)n2C. The van der Waals surface area contributed by atoms with Crippen LogP contribution in [0.5, 0.6) is 0 Å². The highest BCUT2D eigenvalue weighted by Crippen LogP contribution is 2.15. The van der Waals surface area contributed by atoms with Gasteiger partial charge in [0.15, 0.2) is 0 Å². The van der Waals surface area contributed by atoms with Crippen LogP contribution in [-0.2, 0) is 23.1 Å². The van der Waals surface area contributed by atoms with E-state index in [2.05, 4.69) is 10.3 Å². The summed E-state index contributed by atoms with van der Waals surface area (Å²) in [5.41, 5.74) is -1.07. The van der Waals surface area contributed by atoms with E-state index in [-0.39, 0.29) is 28.9 Å². The van der Waals surface area contributed by atoms with Gasteiger partial charge in [0.2, 0.25) is 5.91 Å². The van der Waals surface area contributed by atoms with E-state index < -0.39 is 35.5 Å². The van der Waals surface area contributed by atoms with E-state index in [1.165, 1.54) is 31.3 Å². The average Bonchev–Trinajstić information content (AvgIpc) is 2.69. The summed E-state index contributed by atoms with van der Waals surface area (Å²) < 4.78 is 20.1. The molecule has 0 unspecified atom stereocenters. The summed E-state index contributed by atoms with van der Waals surface area (Å²) in [5.74, 6) is -2.00. The minimum Gasteiger partial charge on any atom is -0.462 e. The van der Waals surface area contributed by atoms with Crippen molar-refractivity contribution in [1.29, 1.82) is 0 Å². The van der Waals surface area contributed by atoms with E-state index >= 15 is 0 Å². The molecule has 0 atom stereocenters. The molecule has 30 heavy (non-hydrogen) atoms. The van der Waals surface area contributed by atoms with E-state index in [0.717, 1.165) is 10.6 Å². The highest BCUT2D eigenvalue weighted by molar-refractivity contribution is 6.02. The summed E-state index contributed by atoms with van der Waals surface area (Å²) in [6.45, 7) is 2.70. The van der Waals surface area contributed by atoms with Crippen molar-refractivity contribution in [3.63, 3.8) is 0 Å². The topological polar surface area (TPSA) is 112 Å². The Kier molecular flexibility index (Phi) is 5.77. The Morgan fingerprint density at radius 3 is 2.63 bits per heavy atom. The Labute approximate surface area is 169 Å². The predicted molar refractivity (Wildman–Crippen MR) is 107 cm³/mol. The first-order valence-electron chi connectivity index (χ1n) is 9.06. The lowest BCUT2D eigenvalue weighted by Gasteiger charge is -2.13. The molecule has 2 aromatic heterocycles. The number of pyridine rings is 1. The zero-order valence-corrected chi connectivity index (χ0v) is 16.6. The van der Waals surface area contributed by atoms with E-state index in [0.29, 0.717) is 10.3 Å². The third-order valence-electron chi connectivity index (χ3n) is 4.33. The molecule has 0 aliphatic heterocycles. The van der Waals surface area contributed by atoms with Gasteiger partial charge >= 0.3 is 11.7 Å². The summed E-state index contributed by atoms with van der Waals surface area (Å²) in [5, 5.41) is 2.30. The second kappa shape index (κ2) is 8.27. The molecule has 0 spiro atoms. The summed E-state index contributed by atoms with van der Waals surface area (Å²) in [4.78, 5) is 54.7. The molecule has 1 aromatic carbocycles. The summed E-state index contributed by atoms with van der Waals surface area (Å²) >= 11 is 0. The quantitative estimate of drug-likeness (QED) is 0.631. The minimum atomic E-state index is -0.849. The number of esters is 1. The Bertz CT molecular complexity index is 1280. The zero-order chi connectivity index (χ0) is 22.0. The van der Waals surface area contributed by atoms with Crippen LogP contribution in [-0.4, -0.2) is 32.6 Å². The van der Waals surface area contributed by atoms with E-state index in [4.69, 9.17) is 4.74 Å². The van der Waals surface area contributed by atoms with Crippen LogP contribution in [0.4, 0.5) is 10.1 Å². The van der Waals surface area contributed by atoms with Crippen molar-refractivity contribution in [2.24, 2.45) is 7.05 Å². The van der Waals surface area contributed by atoms with Crippen LogP contribution in [0.1, 0.15) is 23.0 Å². The first-order valence-corrected chi connectivity index (χ1v) is 9.06. The smallest absolute Gasteiger partial charge is 0.339 e. The van der Waals surface area contributed by atoms with E-state index in [1.54, 1.807) is 13.8 Å². The monoisotopic (exact) mass is 414 g/mol. The van der Waals surface area contributed by atoms with Gasteiger partial charge in [0, 0.05) is 18.4 Å². The van der Waals surface area contributed by atoms with Crippen LogP contribution >= 0.6 is 0 Å². The Morgan fingerprint density at radius 1 is 1.23 bits per heavy atom. The number of nitrogens with zero attached hydrogens (tertiary/aromatic N) is 3. The number of aryl methyl sites for hydroxylation is 2. The number of carbonyl (C=O) groups is 2. The number of ether oxygens (including phenoxy) is 1. The molecule has 0 radical (unpaired) electrons. The number of hydrogen-bond acceptors (Lipinski definition) is 6. The highest BCUT2D eigenvalue weighted by atomic mass is 19.1. The molecule has 1 amide bonds. The number of fused-ring (bicyclic) bond motifs is 1. The molecule has 0 saturated heterocycles. The van der Waals surface area contributed by atoms with Crippen molar-refractivity contribution in [2.75, 3.05) is 11.9 Å². The van der Waals surface area contributed by atoms with Crippen LogP contribution in [0.2, 0.25) is 0 Å². The second-order valence-corrected chi connectivity index (χ2v) is 6.52. The lowest BCUT2D eigenvalue weighted by Crippen LogP contribution is -2.42. The van der Waals surface area contributed by atoms with Crippen LogP contribution < -0.4 is 16.6 Å². The molecular formula is C20H19FN4O5. The van der Waals surface area contributed by atoms with Crippen molar-refractivity contribution < 1.29 is 18.7 Å². The molecule has 0 saturated carbocycles. The zero-order valence-electron chi connectivity index (χ0n) is 16.6. The largest absolute Gasteiger partial charge is 0.462 e. The van der Waals surface area contributed by atoms with Gasteiger partial charge in [-0.25, -0.2) is 19.0 Å². The van der Waals surface area contributed by atoms with Gasteiger partial charge in [-0.3, -0.25) is 18.7 Å². The number of carbonyl (C=O) groups excluding carboxylic acids is 2. The maximum absolute atomic E-state index is 13.3. The average molecular weight is 414 g/mol. The maximum Gasteiger partial charge on any atom is 0.339 e. The molecule has 3 aromatic rings. The number of aromatic nitrogens is 3. The first kappa shape index (κ1) is 20.9. The third-order valence-corrected chi connectivity index (χ3v) is 4.33. The lowest BCUT2D eigenvalue weighted by atomic mass is 10.1. The molecular weight excluding hydrogens is 395 g/mol. The molecule has 0 aliphatic carbocycles. The number of halogens is 1.